The van der Waals surface area contributed by atoms with Crippen LogP contribution in [0.5, 0.6) is 11.6 Å². The number of benzene rings is 2. The number of nitrogens with one attached hydrogen (secondary N) is 1. The van der Waals surface area contributed by atoms with Gasteiger partial charge in [0.25, 0.3) is 0 Å². The Labute approximate surface area is 180 Å². The third-order valence-electron chi connectivity index (χ3n) is 5.08. The minimum atomic E-state index is -3.54. The summed E-state index contributed by atoms with van der Waals surface area (Å²) in [5, 5.41) is 2.64. The van der Waals surface area contributed by atoms with Gasteiger partial charge in [-0.3, -0.25) is 4.79 Å². The van der Waals surface area contributed by atoms with Gasteiger partial charge in [-0.05, 0) is 72.9 Å². The Balaban J connectivity index is 1.31. The fourth-order valence-electron chi connectivity index (χ4n) is 3.45. The maximum atomic E-state index is 12.9. The van der Waals surface area contributed by atoms with E-state index in [1.807, 2.05) is 6.07 Å². The van der Waals surface area contributed by atoms with Crippen molar-refractivity contribution in [2.75, 3.05) is 11.1 Å². The van der Waals surface area contributed by atoms with Gasteiger partial charge in [-0.25, -0.2) is 17.8 Å². The van der Waals surface area contributed by atoms with Gasteiger partial charge in [-0.2, -0.15) is 0 Å². The standard InChI is InChI=1S/C23H21FN2O4S/c24-18-5-8-20(9-6-18)30-23-11-7-19(15-25-23)26-22(27)12-13-31(28,29)21-10-4-16-2-1-3-17(16)14-21/h4-11,14-15H,1-3,12-13H2,(H,26,27). The summed E-state index contributed by atoms with van der Waals surface area (Å²) < 4.78 is 43.6. The molecule has 8 heteroatoms. The zero-order valence-electron chi connectivity index (χ0n) is 16.7. The summed E-state index contributed by atoms with van der Waals surface area (Å²) in [7, 11) is -3.54. The Morgan fingerprint density at radius 2 is 1.81 bits per heavy atom. The number of ether oxygens (including phenoxy) is 1. The van der Waals surface area contributed by atoms with Crippen LogP contribution < -0.4 is 10.1 Å². The highest BCUT2D eigenvalue weighted by Gasteiger charge is 2.20. The molecule has 3 aromatic rings. The van der Waals surface area contributed by atoms with E-state index < -0.39 is 15.7 Å². The molecule has 2 aromatic carbocycles. The fourth-order valence-corrected chi connectivity index (χ4v) is 4.74. The molecule has 1 aliphatic carbocycles. The molecule has 0 radical (unpaired) electrons. The highest BCUT2D eigenvalue weighted by molar-refractivity contribution is 7.91. The molecule has 160 valence electrons. The largest absolute Gasteiger partial charge is 0.439 e. The van der Waals surface area contributed by atoms with Crippen LogP contribution in [0.25, 0.3) is 0 Å². The SMILES string of the molecule is O=C(CCS(=O)(=O)c1ccc2c(c1)CCC2)Nc1ccc(Oc2ccc(F)cc2)nc1. The number of aryl methyl sites for hydroxylation is 2. The Bertz CT molecular complexity index is 1190. The molecule has 4 rings (SSSR count). The van der Waals surface area contributed by atoms with Crippen molar-refractivity contribution in [1.82, 2.24) is 4.98 Å². The molecule has 1 heterocycles. The van der Waals surface area contributed by atoms with Crippen molar-refractivity contribution in [3.63, 3.8) is 0 Å². The van der Waals surface area contributed by atoms with Crippen molar-refractivity contribution in [3.8, 4) is 11.6 Å². The predicted molar refractivity (Wildman–Crippen MR) is 114 cm³/mol. The normalized spacial score (nSPS) is 12.9. The van der Waals surface area contributed by atoms with Crippen LogP contribution >= 0.6 is 0 Å². The molecule has 0 atom stereocenters. The maximum Gasteiger partial charge on any atom is 0.225 e. The zero-order valence-corrected chi connectivity index (χ0v) is 17.5. The van der Waals surface area contributed by atoms with Crippen LogP contribution in [-0.4, -0.2) is 25.1 Å². The van der Waals surface area contributed by atoms with E-state index in [-0.39, 0.29) is 28.8 Å². The number of aromatic nitrogens is 1. The van der Waals surface area contributed by atoms with Gasteiger partial charge in [0.05, 0.1) is 22.5 Å². The quantitative estimate of drug-likeness (QED) is 0.592. The zero-order chi connectivity index (χ0) is 21.8. The van der Waals surface area contributed by atoms with Crippen LogP contribution in [0.4, 0.5) is 10.1 Å². The van der Waals surface area contributed by atoms with Crippen molar-refractivity contribution in [2.45, 2.75) is 30.6 Å². The van der Waals surface area contributed by atoms with Gasteiger partial charge in [-0.15, -0.1) is 0 Å². The number of fused-ring (bicyclic) bond motifs is 1. The highest BCUT2D eigenvalue weighted by atomic mass is 32.2. The van der Waals surface area contributed by atoms with Crippen LogP contribution in [0.1, 0.15) is 24.0 Å². The monoisotopic (exact) mass is 440 g/mol. The topological polar surface area (TPSA) is 85.4 Å². The van der Waals surface area contributed by atoms with Crippen molar-refractivity contribution in [1.29, 1.82) is 0 Å². The third kappa shape index (κ3) is 5.27. The van der Waals surface area contributed by atoms with E-state index >= 15 is 0 Å². The first kappa shape index (κ1) is 21.0. The molecule has 31 heavy (non-hydrogen) atoms. The number of carbonyl (C=O) groups is 1. The van der Waals surface area contributed by atoms with E-state index in [0.29, 0.717) is 11.4 Å². The summed E-state index contributed by atoms with van der Waals surface area (Å²) in [5.74, 6) is -0.335. The van der Waals surface area contributed by atoms with Gasteiger partial charge in [0.15, 0.2) is 9.84 Å². The molecular formula is C23H21FN2O4S. The van der Waals surface area contributed by atoms with Crippen LogP contribution in [0.3, 0.4) is 0 Å². The van der Waals surface area contributed by atoms with Gasteiger partial charge in [0.2, 0.25) is 11.8 Å². The molecule has 0 bridgehead atoms. The van der Waals surface area contributed by atoms with Crippen LogP contribution in [-0.2, 0) is 27.5 Å². The van der Waals surface area contributed by atoms with E-state index in [2.05, 4.69) is 10.3 Å². The Morgan fingerprint density at radius 1 is 1.03 bits per heavy atom. The van der Waals surface area contributed by atoms with Crippen LogP contribution in [0.15, 0.2) is 65.7 Å². The number of pyridine rings is 1. The third-order valence-corrected chi connectivity index (χ3v) is 6.80. The lowest BCUT2D eigenvalue weighted by molar-refractivity contribution is -0.115. The van der Waals surface area contributed by atoms with Gasteiger partial charge >= 0.3 is 0 Å². The molecule has 0 unspecified atom stereocenters. The minimum Gasteiger partial charge on any atom is -0.439 e. The molecule has 0 saturated heterocycles. The number of carbonyl (C=O) groups excluding carboxylic acids is 1. The number of rotatable bonds is 7. The molecule has 0 aliphatic heterocycles. The number of amides is 1. The van der Waals surface area contributed by atoms with E-state index in [9.17, 15) is 17.6 Å². The lowest BCUT2D eigenvalue weighted by Gasteiger charge is -2.09. The number of anilines is 1. The summed E-state index contributed by atoms with van der Waals surface area (Å²) in [6.45, 7) is 0. The summed E-state index contributed by atoms with van der Waals surface area (Å²) in [6, 6.07) is 13.9. The van der Waals surface area contributed by atoms with Gasteiger partial charge in [0, 0.05) is 12.5 Å². The smallest absolute Gasteiger partial charge is 0.225 e. The molecule has 1 N–H and O–H groups in total. The number of hydrogen-bond acceptors (Lipinski definition) is 5. The molecule has 0 fully saturated rings. The Hall–Kier alpha value is -3.26. The molecule has 1 amide bonds. The number of sulfone groups is 1. The first-order valence-corrected chi connectivity index (χ1v) is 11.6. The van der Waals surface area contributed by atoms with E-state index in [0.717, 1.165) is 24.8 Å². The second-order valence-electron chi connectivity index (χ2n) is 7.34. The summed E-state index contributed by atoms with van der Waals surface area (Å²) in [5.41, 5.74) is 2.71. The van der Waals surface area contributed by atoms with E-state index in [4.69, 9.17) is 4.74 Å². The van der Waals surface area contributed by atoms with Crippen molar-refractivity contribution in [3.05, 3.63) is 77.7 Å². The van der Waals surface area contributed by atoms with Crippen molar-refractivity contribution in [2.24, 2.45) is 0 Å². The molecule has 0 saturated carbocycles. The van der Waals surface area contributed by atoms with Crippen LogP contribution in [0.2, 0.25) is 0 Å². The van der Waals surface area contributed by atoms with Gasteiger partial charge in [0.1, 0.15) is 11.6 Å². The first-order chi connectivity index (χ1) is 14.9. The van der Waals surface area contributed by atoms with Crippen LogP contribution in [0, 0.1) is 5.82 Å². The van der Waals surface area contributed by atoms with Crippen molar-refractivity contribution < 1.29 is 22.3 Å². The van der Waals surface area contributed by atoms with E-state index in [1.54, 1.807) is 24.3 Å². The molecule has 1 aliphatic rings. The lowest BCUT2D eigenvalue weighted by Crippen LogP contribution is -2.17. The van der Waals surface area contributed by atoms with Gasteiger partial charge < -0.3 is 10.1 Å². The Kier molecular flexibility index (Phi) is 5.99. The summed E-state index contributed by atoms with van der Waals surface area (Å²) in [6.07, 6.45) is 4.18. The fraction of sp³-hybridized carbons (Fsp3) is 0.217. The van der Waals surface area contributed by atoms with Gasteiger partial charge in [-0.1, -0.05) is 6.07 Å². The lowest BCUT2D eigenvalue weighted by atomic mass is 10.1. The summed E-state index contributed by atoms with van der Waals surface area (Å²) >= 11 is 0. The second-order valence-corrected chi connectivity index (χ2v) is 9.45. The molecule has 1 aromatic heterocycles. The molecule has 6 nitrogen and oxygen atoms in total. The molecule has 0 spiro atoms. The minimum absolute atomic E-state index is 0.159. The number of nitrogens with zero attached hydrogens (tertiary/aromatic N) is 1. The average molecular weight is 440 g/mol. The number of halogens is 1. The van der Waals surface area contributed by atoms with E-state index in [1.165, 1.54) is 36.0 Å². The summed E-state index contributed by atoms with van der Waals surface area (Å²) in [4.78, 5) is 16.6. The predicted octanol–water partition coefficient (Wildman–Crippen LogP) is 4.30. The van der Waals surface area contributed by atoms with Crippen molar-refractivity contribution >= 4 is 21.4 Å². The Morgan fingerprint density at radius 3 is 2.55 bits per heavy atom. The molecular weight excluding hydrogens is 419 g/mol. The average Bonchev–Trinajstić information content (AvgIpc) is 3.23. The maximum absolute atomic E-state index is 12.9. The highest BCUT2D eigenvalue weighted by Crippen LogP contribution is 2.25. The number of hydrogen-bond donors (Lipinski definition) is 1. The second kappa shape index (κ2) is 8.85. The first-order valence-electron chi connectivity index (χ1n) is 9.93.